The highest BCUT2D eigenvalue weighted by molar-refractivity contribution is 5.69. The van der Waals surface area contributed by atoms with Crippen molar-refractivity contribution in [2.45, 2.75) is 168 Å². The molecule has 0 amide bonds. The Kier molecular flexibility index (Phi) is 25.3. The van der Waals surface area contributed by atoms with Gasteiger partial charge in [-0.1, -0.05) is 109 Å². The smallest absolute Gasteiger partial charge is 0.306 e. The molecule has 1 unspecified atom stereocenters. The Morgan fingerprint density at radius 3 is 1.68 bits per heavy atom. The van der Waals surface area contributed by atoms with E-state index >= 15 is 0 Å². The van der Waals surface area contributed by atoms with Crippen LogP contribution in [0.4, 0.5) is 0 Å². The zero-order valence-electron chi connectivity index (χ0n) is 22.7. The molecule has 0 aromatic carbocycles. The van der Waals surface area contributed by atoms with Crippen molar-refractivity contribution in [1.29, 1.82) is 0 Å². The van der Waals surface area contributed by atoms with Crippen LogP contribution in [-0.4, -0.2) is 23.1 Å². The van der Waals surface area contributed by atoms with E-state index in [-0.39, 0.29) is 12.1 Å². The zero-order valence-corrected chi connectivity index (χ0v) is 22.7. The minimum atomic E-state index is -0.681. The normalized spacial score (nSPS) is 12.3. The summed E-state index contributed by atoms with van der Waals surface area (Å²) in [6.07, 6.45) is 29.8. The van der Waals surface area contributed by atoms with Crippen molar-refractivity contribution in [3.63, 3.8) is 0 Å². The molecule has 0 bridgehead atoms. The molecule has 0 rings (SSSR count). The van der Waals surface area contributed by atoms with Crippen molar-refractivity contribution in [2.75, 3.05) is 0 Å². The summed E-state index contributed by atoms with van der Waals surface area (Å²) >= 11 is 0. The molecule has 0 aromatic heterocycles. The fourth-order valence-electron chi connectivity index (χ4n) is 4.33. The molecule has 4 nitrogen and oxygen atoms in total. The van der Waals surface area contributed by atoms with E-state index in [0.29, 0.717) is 12.8 Å². The van der Waals surface area contributed by atoms with Crippen LogP contribution in [0.5, 0.6) is 0 Å². The number of carboxylic acid groups (broad SMARTS) is 1. The third kappa shape index (κ3) is 25.3. The summed E-state index contributed by atoms with van der Waals surface area (Å²) in [5.41, 5.74) is 0. The highest BCUT2D eigenvalue weighted by atomic mass is 16.5. The summed E-state index contributed by atoms with van der Waals surface area (Å²) in [7, 11) is 0. The van der Waals surface area contributed by atoms with Gasteiger partial charge in [0, 0.05) is 12.8 Å². The standard InChI is InChI=1S/C30H56O4/c1-3-5-6-7-8-9-10-14-17-20-23-27-30(33)34-28(24-4-2)25-21-18-15-12-11-13-16-19-22-26-29(31)32/h7-8,28H,3-6,9-27H2,1-2H3,(H,31,32)/b8-7-. The molecule has 1 N–H and O–H groups in total. The molecule has 4 heteroatoms. The van der Waals surface area contributed by atoms with Crippen molar-refractivity contribution >= 4 is 11.9 Å². The molecule has 1 atom stereocenters. The molecule has 200 valence electrons. The van der Waals surface area contributed by atoms with Gasteiger partial charge in [-0.05, 0) is 51.4 Å². The van der Waals surface area contributed by atoms with E-state index in [2.05, 4.69) is 26.0 Å². The molecule has 0 aliphatic rings. The van der Waals surface area contributed by atoms with Gasteiger partial charge in [0.05, 0.1) is 0 Å². The van der Waals surface area contributed by atoms with Gasteiger partial charge in [-0.25, -0.2) is 0 Å². The lowest BCUT2D eigenvalue weighted by Gasteiger charge is -2.17. The molecule has 0 spiro atoms. The fraction of sp³-hybridized carbons (Fsp3) is 0.867. The Morgan fingerprint density at radius 1 is 0.618 bits per heavy atom. The summed E-state index contributed by atoms with van der Waals surface area (Å²) in [5, 5.41) is 8.63. The van der Waals surface area contributed by atoms with Gasteiger partial charge < -0.3 is 9.84 Å². The van der Waals surface area contributed by atoms with Crippen molar-refractivity contribution in [3.05, 3.63) is 12.2 Å². The first-order valence-corrected chi connectivity index (χ1v) is 14.7. The minimum Gasteiger partial charge on any atom is -0.481 e. The lowest BCUT2D eigenvalue weighted by atomic mass is 10.0. The van der Waals surface area contributed by atoms with Gasteiger partial charge in [0.2, 0.25) is 0 Å². The number of hydrogen-bond acceptors (Lipinski definition) is 3. The lowest BCUT2D eigenvalue weighted by Crippen LogP contribution is -2.18. The maximum atomic E-state index is 12.2. The minimum absolute atomic E-state index is 0.000190. The summed E-state index contributed by atoms with van der Waals surface area (Å²) in [6, 6.07) is 0. The Morgan fingerprint density at radius 2 is 1.12 bits per heavy atom. The summed E-state index contributed by atoms with van der Waals surface area (Å²) in [6.45, 7) is 4.40. The second-order valence-corrected chi connectivity index (χ2v) is 9.94. The van der Waals surface area contributed by atoms with Crippen molar-refractivity contribution in [3.8, 4) is 0 Å². The Hall–Kier alpha value is -1.32. The van der Waals surface area contributed by atoms with Crippen LogP contribution in [0.2, 0.25) is 0 Å². The number of ether oxygens (including phenoxy) is 1. The fourth-order valence-corrected chi connectivity index (χ4v) is 4.33. The number of carboxylic acids is 1. The van der Waals surface area contributed by atoms with Gasteiger partial charge in [-0.2, -0.15) is 0 Å². The van der Waals surface area contributed by atoms with Crippen LogP contribution in [0.3, 0.4) is 0 Å². The largest absolute Gasteiger partial charge is 0.481 e. The third-order valence-corrected chi connectivity index (χ3v) is 6.47. The SMILES string of the molecule is CCCC/C=C\CCCCCCCC(=O)OC(CCC)CCCCCCCCCCCC(=O)O. The highest BCUT2D eigenvalue weighted by Crippen LogP contribution is 2.17. The molecule has 0 fully saturated rings. The molecule has 0 saturated carbocycles. The van der Waals surface area contributed by atoms with Gasteiger partial charge in [0.25, 0.3) is 0 Å². The number of aliphatic carboxylic acids is 1. The quantitative estimate of drug-likeness (QED) is 0.0760. The topological polar surface area (TPSA) is 63.6 Å². The zero-order chi connectivity index (χ0) is 25.1. The van der Waals surface area contributed by atoms with Crippen LogP contribution in [-0.2, 0) is 14.3 Å². The van der Waals surface area contributed by atoms with Gasteiger partial charge in [0.1, 0.15) is 6.10 Å². The monoisotopic (exact) mass is 480 g/mol. The average Bonchev–Trinajstić information content (AvgIpc) is 2.80. The molecular formula is C30H56O4. The van der Waals surface area contributed by atoms with Crippen molar-refractivity contribution in [1.82, 2.24) is 0 Å². The molecule has 34 heavy (non-hydrogen) atoms. The van der Waals surface area contributed by atoms with Crippen LogP contribution in [0.25, 0.3) is 0 Å². The van der Waals surface area contributed by atoms with Gasteiger partial charge >= 0.3 is 11.9 Å². The average molecular weight is 481 g/mol. The Bertz CT molecular complexity index is 486. The number of carbonyl (C=O) groups is 2. The van der Waals surface area contributed by atoms with Gasteiger partial charge in [0.15, 0.2) is 0 Å². The highest BCUT2D eigenvalue weighted by Gasteiger charge is 2.13. The van der Waals surface area contributed by atoms with E-state index < -0.39 is 5.97 Å². The van der Waals surface area contributed by atoms with Crippen LogP contribution in [0.1, 0.15) is 162 Å². The molecular weight excluding hydrogens is 424 g/mol. The van der Waals surface area contributed by atoms with Crippen LogP contribution >= 0.6 is 0 Å². The van der Waals surface area contributed by atoms with Crippen LogP contribution in [0, 0.1) is 0 Å². The second-order valence-electron chi connectivity index (χ2n) is 9.94. The molecule has 0 heterocycles. The van der Waals surface area contributed by atoms with E-state index in [0.717, 1.165) is 57.8 Å². The second kappa shape index (κ2) is 26.3. The first kappa shape index (κ1) is 32.7. The summed E-state index contributed by atoms with van der Waals surface area (Å²) in [5.74, 6) is -0.681. The van der Waals surface area contributed by atoms with E-state index in [1.165, 1.54) is 77.0 Å². The molecule has 0 aliphatic carbocycles. The van der Waals surface area contributed by atoms with Crippen molar-refractivity contribution in [2.24, 2.45) is 0 Å². The van der Waals surface area contributed by atoms with E-state index in [4.69, 9.17) is 9.84 Å². The predicted octanol–water partition coefficient (Wildman–Crippen LogP) is 9.55. The Balaban J connectivity index is 3.61. The summed E-state index contributed by atoms with van der Waals surface area (Å²) < 4.78 is 5.79. The maximum Gasteiger partial charge on any atom is 0.306 e. The number of hydrogen-bond donors (Lipinski definition) is 1. The molecule has 0 aliphatic heterocycles. The van der Waals surface area contributed by atoms with E-state index in [1.807, 2.05) is 0 Å². The third-order valence-electron chi connectivity index (χ3n) is 6.47. The molecule has 0 radical (unpaired) electrons. The number of carbonyl (C=O) groups excluding carboxylic acids is 1. The molecule has 0 saturated heterocycles. The first-order chi connectivity index (χ1) is 16.6. The number of rotatable bonds is 26. The number of allylic oxidation sites excluding steroid dienone is 2. The van der Waals surface area contributed by atoms with Crippen LogP contribution in [0.15, 0.2) is 12.2 Å². The first-order valence-electron chi connectivity index (χ1n) is 14.7. The van der Waals surface area contributed by atoms with E-state index in [9.17, 15) is 9.59 Å². The van der Waals surface area contributed by atoms with E-state index in [1.54, 1.807) is 0 Å². The number of unbranched alkanes of at least 4 members (excludes halogenated alkanes) is 15. The van der Waals surface area contributed by atoms with Gasteiger partial charge in [-0.3, -0.25) is 9.59 Å². The lowest BCUT2D eigenvalue weighted by molar-refractivity contribution is -0.150. The van der Waals surface area contributed by atoms with Crippen molar-refractivity contribution < 1.29 is 19.4 Å². The van der Waals surface area contributed by atoms with Gasteiger partial charge in [-0.15, -0.1) is 0 Å². The maximum absolute atomic E-state index is 12.2. The Labute approximate surface area is 211 Å². The summed E-state index contributed by atoms with van der Waals surface area (Å²) in [4.78, 5) is 22.7. The predicted molar refractivity (Wildman–Crippen MR) is 144 cm³/mol. The van der Waals surface area contributed by atoms with Crippen LogP contribution < -0.4 is 0 Å². The molecule has 0 aromatic rings. The number of esters is 1.